The Labute approximate surface area is 278 Å². The highest BCUT2D eigenvalue weighted by atomic mass is 16.6. The number of methoxy groups -OCH3 is 1. The molecule has 3 saturated carbocycles. The van der Waals surface area contributed by atoms with Gasteiger partial charge >= 0.3 is 17.6 Å². The number of carbonyl (C=O) groups is 5. The van der Waals surface area contributed by atoms with Crippen LogP contribution in [0, 0.1) is 38.7 Å². The standard InChI is InChI=1S/C35H44N2O11/c1-33-13-10-22(38)18-21(33)5-6-23-24(33)11-14-34(2)25(23)12-15-35(34,44)29(40)19-48-31(42)9-8-30(41)36-26(32(43)47-3)16-20-4-7-28(39)27(17-20)37(45)46/h4,7,17-18,23-26,39,44H,5-6,8-16,19H2,1-3H3,(H,36,41)/t23-,24+,25+,26-,33-,34+,35+/m0/s1. The molecular formula is C35H44N2O11. The van der Waals surface area contributed by atoms with Crippen LogP contribution in [0.1, 0.15) is 83.6 Å². The van der Waals surface area contributed by atoms with Crippen molar-refractivity contribution < 1.29 is 48.6 Å². The van der Waals surface area contributed by atoms with Gasteiger partial charge in [0, 0.05) is 30.7 Å². The van der Waals surface area contributed by atoms with Crippen LogP contribution in [0.15, 0.2) is 29.8 Å². The van der Waals surface area contributed by atoms with Gasteiger partial charge in [-0.25, -0.2) is 4.79 Å². The molecule has 5 rings (SSSR count). The molecule has 7 atom stereocenters. The van der Waals surface area contributed by atoms with Gasteiger partial charge in [-0.3, -0.25) is 29.3 Å². The molecule has 0 saturated heterocycles. The van der Waals surface area contributed by atoms with E-state index in [1.165, 1.54) is 11.6 Å². The van der Waals surface area contributed by atoms with E-state index in [4.69, 9.17) is 9.47 Å². The smallest absolute Gasteiger partial charge is 0.328 e. The molecule has 1 amide bonds. The van der Waals surface area contributed by atoms with Gasteiger partial charge in [-0.15, -0.1) is 0 Å². The number of nitrogens with zero attached hydrogens (tertiary/aromatic N) is 1. The molecule has 1 aromatic carbocycles. The molecule has 4 aliphatic carbocycles. The highest BCUT2D eigenvalue weighted by Gasteiger charge is 2.66. The number of Topliss-reactive ketones (excluding diaryl/α,β-unsaturated/α-hetero) is 1. The fourth-order valence-electron chi connectivity index (χ4n) is 9.27. The molecule has 0 radical (unpaired) electrons. The Morgan fingerprint density at radius 1 is 1.06 bits per heavy atom. The van der Waals surface area contributed by atoms with Crippen LogP contribution >= 0.6 is 0 Å². The van der Waals surface area contributed by atoms with E-state index in [0.717, 1.165) is 44.9 Å². The monoisotopic (exact) mass is 668 g/mol. The number of aromatic hydroxyl groups is 1. The number of nitrogens with one attached hydrogen (secondary N) is 1. The summed E-state index contributed by atoms with van der Waals surface area (Å²) >= 11 is 0. The molecule has 3 fully saturated rings. The lowest BCUT2D eigenvalue weighted by Gasteiger charge is -2.58. The van der Waals surface area contributed by atoms with Crippen molar-refractivity contribution in [1.29, 1.82) is 0 Å². The lowest BCUT2D eigenvalue weighted by atomic mass is 9.46. The highest BCUT2D eigenvalue weighted by Crippen LogP contribution is 2.67. The molecule has 1 aromatic rings. The second kappa shape index (κ2) is 13.4. The molecule has 0 aromatic heterocycles. The number of allylic oxidation sites excluding steroid dienone is 1. The minimum Gasteiger partial charge on any atom is -0.502 e. The number of nitro groups is 1. The SMILES string of the molecule is COC(=O)[C@H](Cc1ccc(O)c([N+](=O)[O-])c1)NC(=O)CCC(=O)OCC(=O)[C@]1(O)CC[C@@H]2[C@H]3CCC4=CC(=O)CC[C@]4(C)[C@@H]3CC[C@]21C. The van der Waals surface area contributed by atoms with E-state index in [9.17, 15) is 44.3 Å². The third-order valence-corrected chi connectivity index (χ3v) is 12.0. The Hall–Kier alpha value is -4.13. The predicted octanol–water partition coefficient (Wildman–Crippen LogP) is 3.66. The maximum absolute atomic E-state index is 13.5. The van der Waals surface area contributed by atoms with Gasteiger partial charge in [0.25, 0.3) is 0 Å². The molecule has 0 bridgehead atoms. The van der Waals surface area contributed by atoms with Crippen molar-refractivity contribution in [2.75, 3.05) is 13.7 Å². The van der Waals surface area contributed by atoms with E-state index in [0.29, 0.717) is 31.1 Å². The molecular weight excluding hydrogens is 624 g/mol. The van der Waals surface area contributed by atoms with Crippen molar-refractivity contribution in [1.82, 2.24) is 5.32 Å². The minimum absolute atomic E-state index is 0.0339. The quantitative estimate of drug-likeness (QED) is 0.177. The van der Waals surface area contributed by atoms with Crippen LogP contribution in [0.5, 0.6) is 5.75 Å². The average Bonchev–Trinajstić information content (AvgIpc) is 3.34. The summed E-state index contributed by atoms with van der Waals surface area (Å²) in [7, 11) is 1.12. The normalized spacial score (nSPS) is 31.3. The lowest BCUT2D eigenvalue weighted by molar-refractivity contribution is -0.385. The summed E-state index contributed by atoms with van der Waals surface area (Å²) < 4.78 is 9.97. The van der Waals surface area contributed by atoms with Crippen molar-refractivity contribution >= 4 is 35.1 Å². The number of phenolic OH excluding ortho intramolecular Hbond substituents is 1. The van der Waals surface area contributed by atoms with E-state index in [1.54, 1.807) is 0 Å². The number of amides is 1. The van der Waals surface area contributed by atoms with Crippen LogP contribution in [0.2, 0.25) is 0 Å². The summed E-state index contributed by atoms with van der Waals surface area (Å²) in [5, 5.41) is 35.1. The predicted molar refractivity (Wildman–Crippen MR) is 169 cm³/mol. The van der Waals surface area contributed by atoms with E-state index >= 15 is 0 Å². The molecule has 0 unspecified atom stereocenters. The number of ether oxygens (including phenoxy) is 2. The van der Waals surface area contributed by atoms with Gasteiger partial charge in [-0.2, -0.15) is 0 Å². The number of hydrogen-bond acceptors (Lipinski definition) is 11. The van der Waals surface area contributed by atoms with Crippen molar-refractivity contribution in [2.45, 2.75) is 96.1 Å². The van der Waals surface area contributed by atoms with Crippen molar-refractivity contribution in [3.05, 3.63) is 45.5 Å². The summed E-state index contributed by atoms with van der Waals surface area (Å²) in [4.78, 5) is 73.5. The lowest BCUT2D eigenvalue weighted by Crippen LogP contribution is -2.58. The van der Waals surface area contributed by atoms with Crippen LogP contribution in [0.4, 0.5) is 5.69 Å². The first-order chi connectivity index (χ1) is 22.6. The zero-order chi connectivity index (χ0) is 35.0. The number of phenols is 1. The maximum Gasteiger partial charge on any atom is 0.328 e. The second-order valence-electron chi connectivity index (χ2n) is 14.3. The number of rotatable bonds is 11. The third kappa shape index (κ3) is 6.36. The topological polar surface area (TPSA) is 199 Å². The Morgan fingerprint density at radius 3 is 2.50 bits per heavy atom. The first kappa shape index (κ1) is 35.2. The number of fused-ring (bicyclic) bond motifs is 5. The molecule has 3 N–H and O–H groups in total. The molecule has 0 spiro atoms. The molecule has 13 nitrogen and oxygen atoms in total. The van der Waals surface area contributed by atoms with Crippen LogP contribution in [0.3, 0.4) is 0 Å². The Kier molecular flexibility index (Phi) is 9.83. The van der Waals surface area contributed by atoms with Gasteiger partial charge in [-0.1, -0.05) is 25.5 Å². The van der Waals surface area contributed by atoms with E-state index < -0.39 is 70.1 Å². The Bertz CT molecular complexity index is 1550. The minimum atomic E-state index is -1.64. The van der Waals surface area contributed by atoms with Crippen molar-refractivity contribution in [2.24, 2.45) is 28.6 Å². The van der Waals surface area contributed by atoms with Gasteiger partial charge in [0.15, 0.2) is 18.1 Å². The number of benzene rings is 1. The summed E-state index contributed by atoms with van der Waals surface area (Å²) in [6, 6.07) is 2.34. The summed E-state index contributed by atoms with van der Waals surface area (Å²) in [6.45, 7) is 3.64. The average molecular weight is 669 g/mol. The Morgan fingerprint density at radius 2 is 1.79 bits per heavy atom. The number of hydrogen-bond donors (Lipinski definition) is 3. The van der Waals surface area contributed by atoms with Crippen LogP contribution in [-0.2, 0) is 39.9 Å². The second-order valence-corrected chi connectivity index (χ2v) is 14.3. The van der Waals surface area contributed by atoms with E-state index in [1.807, 2.05) is 13.0 Å². The van der Waals surface area contributed by atoms with Gasteiger partial charge < -0.3 is 25.0 Å². The van der Waals surface area contributed by atoms with Crippen molar-refractivity contribution in [3.8, 4) is 5.75 Å². The maximum atomic E-state index is 13.5. The summed E-state index contributed by atoms with van der Waals surface area (Å²) in [5.41, 5.74) is -1.37. The zero-order valence-corrected chi connectivity index (χ0v) is 27.6. The fraction of sp³-hybridized carbons (Fsp3) is 0.629. The summed E-state index contributed by atoms with van der Waals surface area (Å²) in [5.74, 6) is -2.36. The third-order valence-electron chi connectivity index (χ3n) is 12.0. The number of ketones is 2. The molecule has 48 heavy (non-hydrogen) atoms. The summed E-state index contributed by atoms with van der Waals surface area (Å²) in [6.07, 6.45) is 6.57. The fourth-order valence-corrected chi connectivity index (χ4v) is 9.27. The largest absolute Gasteiger partial charge is 0.502 e. The van der Waals surface area contributed by atoms with Gasteiger partial charge in [-0.05, 0) is 85.8 Å². The van der Waals surface area contributed by atoms with E-state index in [2.05, 4.69) is 12.2 Å². The molecule has 13 heteroatoms. The molecule has 0 heterocycles. The van der Waals surface area contributed by atoms with E-state index in [-0.39, 0.29) is 41.9 Å². The zero-order valence-electron chi connectivity index (χ0n) is 27.6. The Balaban J connectivity index is 1.14. The van der Waals surface area contributed by atoms with Gasteiger partial charge in [0.2, 0.25) is 11.7 Å². The number of aliphatic hydroxyl groups is 1. The number of carbonyl (C=O) groups excluding carboxylic acids is 5. The van der Waals surface area contributed by atoms with Crippen LogP contribution < -0.4 is 5.32 Å². The first-order valence-corrected chi connectivity index (χ1v) is 16.6. The van der Waals surface area contributed by atoms with Crippen LogP contribution in [-0.4, -0.2) is 69.9 Å². The van der Waals surface area contributed by atoms with Gasteiger partial charge in [0.05, 0.1) is 18.5 Å². The highest BCUT2D eigenvalue weighted by molar-refractivity contribution is 5.92. The van der Waals surface area contributed by atoms with Crippen molar-refractivity contribution in [3.63, 3.8) is 0 Å². The number of nitro benzene ring substituents is 1. The first-order valence-electron chi connectivity index (χ1n) is 16.6. The molecule has 4 aliphatic rings. The van der Waals surface area contributed by atoms with Gasteiger partial charge in [0.1, 0.15) is 11.6 Å². The molecule has 260 valence electrons. The molecule has 0 aliphatic heterocycles. The van der Waals surface area contributed by atoms with Crippen LogP contribution in [0.25, 0.3) is 0 Å². The number of esters is 2.